The molecule has 0 aromatic heterocycles. The molecule has 1 aliphatic heterocycles. The maximum Gasteiger partial charge on any atom is 0.127 e. The van der Waals surface area contributed by atoms with E-state index in [0.717, 1.165) is 37.7 Å². The number of nitrogens with one attached hydrogen (secondary N) is 1. The third-order valence-corrected chi connectivity index (χ3v) is 3.56. The van der Waals surface area contributed by atoms with Gasteiger partial charge in [0.15, 0.2) is 0 Å². The topological polar surface area (TPSA) is 43.2 Å². The lowest BCUT2D eigenvalue weighted by molar-refractivity contribution is 0.313. The van der Waals surface area contributed by atoms with Gasteiger partial charge in [0.2, 0.25) is 0 Å². The van der Waals surface area contributed by atoms with Gasteiger partial charge in [0.05, 0.1) is 0 Å². The molecule has 1 heterocycles. The average Bonchev–Trinajstić information content (AvgIpc) is 2.53. The Kier molecular flexibility index (Phi) is 5.51. The van der Waals surface area contributed by atoms with Gasteiger partial charge in [-0.25, -0.2) is 4.99 Å². The lowest BCUT2D eigenvalue weighted by atomic mass is 10.2. The van der Waals surface area contributed by atoms with E-state index in [1.165, 1.54) is 12.0 Å². The molecule has 0 unspecified atom stereocenters. The zero-order chi connectivity index (χ0) is 15.1. The molecular weight excluding hydrogens is 262 g/mol. The van der Waals surface area contributed by atoms with Crippen LogP contribution < -0.4 is 10.2 Å². The Morgan fingerprint density at radius 3 is 2.43 bits per heavy atom. The van der Waals surface area contributed by atoms with Crippen molar-refractivity contribution in [3.8, 4) is 0 Å². The van der Waals surface area contributed by atoms with E-state index in [2.05, 4.69) is 63.1 Å². The van der Waals surface area contributed by atoms with Crippen molar-refractivity contribution in [2.45, 2.75) is 6.92 Å². The first-order valence-electron chi connectivity index (χ1n) is 7.18. The van der Waals surface area contributed by atoms with E-state index in [-0.39, 0.29) is 0 Å². The Balaban J connectivity index is 1.98. The van der Waals surface area contributed by atoms with Crippen molar-refractivity contribution >= 4 is 24.4 Å². The van der Waals surface area contributed by atoms with E-state index < -0.39 is 0 Å². The second-order valence-electron chi connectivity index (χ2n) is 5.06. The summed E-state index contributed by atoms with van der Waals surface area (Å²) in [7, 11) is 2.17. The molecule has 21 heavy (non-hydrogen) atoms. The van der Waals surface area contributed by atoms with Gasteiger partial charge < -0.3 is 15.1 Å². The third kappa shape index (κ3) is 4.43. The van der Waals surface area contributed by atoms with Crippen molar-refractivity contribution in [2.24, 2.45) is 9.98 Å². The van der Waals surface area contributed by atoms with Crippen molar-refractivity contribution in [3.63, 3.8) is 0 Å². The highest BCUT2D eigenvalue weighted by molar-refractivity contribution is 5.64. The Morgan fingerprint density at radius 2 is 1.86 bits per heavy atom. The highest BCUT2D eigenvalue weighted by Crippen LogP contribution is 2.20. The van der Waals surface area contributed by atoms with Gasteiger partial charge in [-0.2, -0.15) is 0 Å². The second-order valence-corrected chi connectivity index (χ2v) is 5.06. The molecule has 2 rings (SSSR count). The molecule has 0 saturated carbocycles. The number of likely N-dealkylation sites (N-methyl/N-ethyl adjacent to an activating group) is 1. The summed E-state index contributed by atoms with van der Waals surface area (Å²) in [4.78, 5) is 12.5. The number of benzene rings is 1. The summed E-state index contributed by atoms with van der Waals surface area (Å²) in [6.45, 7) is 9.71. The molecule has 1 aliphatic rings. The zero-order valence-electron chi connectivity index (χ0n) is 12.8. The van der Waals surface area contributed by atoms with Gasteiger partial charge in [-0.15, -0.1) is 0 Å². The van der Waals surface area contributed by atoms with Crippen molar-refractivity contribution in [1.29, 1.82) is 0 Å². The van der Waals surface area contributed by atoms with Crippen LogP contribution in [0.5, 0.6) is 0 Å². The first kappa shape index (κ1) is 15.3. The molecule has 5 nitrogen and oxygen atoms in total. The monoisotopic (exact) mass is 285 g/mol. The van der Waals surface area contributed by atoms with Crippen LogP contribution in [0.1, 0.15) is 6.92 Å². The van der Waals surface area contributed by atoms with Gasteiger partial charge in [0, 0.05) is 37.6 Å². The third-order valence-electron chi connectivity index (χ3n) is 3.56. The van der Waals surface area contributed by atoms with Crippen LogP contribution in [-0.4, -0.2) is 51.2 Å². The van der Waals surface area contributed by atoms with Gasteiger partial charge in [0.1, 0.15) is 12.2 Å². The smallest absolute Gasteiger partial charge is 0.127 e. The first-order valence-corrected chi connectivity index (χ1v) is 7.18. The van der Waals surface area contributed by atoms with Gasteiger partial charge in [-0.1, -0.05) is 0 Å². The molecule has 112 valence electrons. The van der Waals surface area contributed by atoms with Crippen molar-refractivity contribution in [2.75, 3.05) is 43.4 Å². The molecule has 1 aromatic rings. The van der Waals surface area contributed by atoms with Crippen LogP contribution in [0.25, 0.3) is 0 Å². The highest BCUT2D eigenvalue weighted by Gasteiger charge is 2.13. The number of hydrogen-bond acceptors (Lipinski definition) is 4. The average molecular weight is 285 g/mol. The van der Waals surface area contributed by atoms with Crippen LogP contribution in [0, 0.1) is 0 Å². The van der Waals surface area contributed by atoms with Crippen molar-refractivity contribution < 1.29 is 0 Å². The minimum absolute atomic E-state index is 0.759. The fourth-order valence-corrected chi connectivity index (χ4v) is 2.25. The van der Waals surface area contributed by atoms with E-state index in [9.17, 15) is 0 Å². The van der Waals surface area contributed by atoms with Crippen LogP contribution in [0.15, 0.2) is 46.1 Å². The maximum atomic E-state index is 4.16. The van der Waals surface area contributed by atoms with E-state index in [1.807, 2.05) is 13.0 Å². The second kappa shape index (κ2) is 7.59. The minimum Gasteiger partial charge on any atom is -0.369 e. The molecule has 0 aliphatic carbocycles. The molecule has 5 heteroatoms. The Hall–Kier alpha value is -2.14. The summed E-state index contributed by atoms with van der Waals surface area (Å²) in [6.07, 6.45) is 3.33. The summed E-state index contributed by atoms with van der Waals surface area (Å²) >= 11 is 0. The summed E-state index contributed by atoms with van der Waals surface area (Å²) < 4.78 is 0. The Labute approximate surface area is 126 Å². The molecule has 0 spiro atoms. The fourth-order valence-electron chi connectivity index (χ4n) is 2.25. The molecular formula is C16H23N5. The first-order chi connectivity index (χ1) is 10.2. The Bertz CT molecular complexity index is 510. The molecule has 1 N–H and O–H groups in total. The maximum absolute atomic E-state index is 4.16. The number of allylic oxidation sites excluding steroid dienone is 1. The van der Waals surface area contributed by atoms with Gasteiger partial charge >= 0.3 is 0 Å². The number of rotatable bonds is 5. The molecule has 1 fully saturated rings. The van der Waals surface area contributed by atoms with Crippen LogP contribution in [0.3, 0.4) is 0 Å². The quantitative estimate of drug-likeness (QED) is 0.667. The van der Waals surface area contributed by atoms with Crippen molar-refractivity contribution in [3.05, 3.63) is 36.2 Å². The number of piperazine rings is 1. The predicted octanol–water partition coefficient (Wildman–Crippen LogP) is 2.44. The van der Waals surface area contributed by atoms with E-state index in [0.29, 0.717) is 0 Å². The van der Waals surface area contributed by atoms with Crippen molar-refractivity contribution in [1.82, 2.24) is 4.90 Å². The fraction of sp³-hybridized carbons (Fsp3) is 0.375. The van der Waals surface area contributed by atoms with E-state index in [4.69, 9.17) is 0 Å². The van der Waals surface area contributed by atoms with Crippen LogP contribution >= 0.6 is 0 Å². The van der Waals surface area contributed by atoms with E-state index >= 15 is 0 Å². The van der Waals surface area contributed by atoms with Crippen LogP contribution in [0.4, 0.5) is 11.4 Å². The van der Waals surface area contributed by atoms with E-state index in [1.54, 1.807) is 0 Å². The number of nitrogens with zero attached hydrogens (tertiary/aromatic N) is 4. The number of hydrogen-bond donors (Lipinski definition) is 1. The van der Waals surface area contributed by atoms with Gasteiger partial charge in [0.25, 0.3) is 0 Å². The summed E-state index contributed by atoms with van der Waals surface area (Å²) in [6, 6.07) is 8.45. The standard InChI is InChI=1S/C16H23N5/c1-4-16(18-13-17-2)19-14-5-7-15(8-6-14)21-11-9-20(3)10-12-21/h4-8,13,19H,2,9-12H2,1,3H3/b16-4+,18-13-. The summed E-state index contributed by atoms with van der Waals surface area (Å²) in [5, 5.41) is 3.25. The van der Waals surface area contributed by atoms with Gasteiger partial charge in [-0.05, 0) is 51.0 Å². The van der Waals surface area contributed by atoms with Crippen LogP contribution in [-0.2, 0) is 0 Å². The van der Waals surface area contributed by atoms with Gasteiger partial charge in [-0.3, -0.25) is 4.99 Å². The number of anilines is 2. The molecule has 1 aromatic carbocycles. The Morgan fingerprint density at radius 1 is 1.19 bits per heavy atom. The summed E-state index contributed by atoms with van der Waals surface area (Å²) in [5.41, 5.74) is 2.29. The molecule has 0 radical (unpaired) electrons. The highest BCUT2D eigenvalue weighted by atomic mass is 15.2. The molecule has 1 saturated heterocycles. The zero-order valence-corrected chi connectivity index (χ0v) is 12.8. The van der Waals surface area contributed by atoms with Crippen LogP contribution in [0.2, 0.25) is 0 Å². The minimum atomic E-state index is 0.759. The largest absolute Gasteiger partial charge is 0.369 e. The lowest BCUT2D eigenvalue weighted by Crippen LogP contribution is -2.44. The summed E-state index contributed by atoms with van der Waals surface area (Å²) in [5.74, 6) is 0.759. The molecule has 0 amide bonds. The normalized spacial score (nSPS) is 17.2. The molecule has 0 atom stereocenters. The number of aliphatic imine (C=N–C) groups is 2. The predicted molar refractivity (Wildman–Crippen MR) is 91.6 cm³/mol. The SMILES string of the molecule is C=N/C=N\C(=C/C)Nc1ccc(N2CCN(C)CC2)cc1. The lowest BCUT2D eigenvalue weighted by Gasteiger charge is -2.34. The molecule has 0 bridgehead atoms.